The number of carbonyl (C=O) groups excluding carboxylic acids is 1. The van der Waals surface area contributed by atoms with Gasteiger partial charge in [-0.3, -0.25) is 14.9 Å². The van der Waals surface area contributed by atoms with Crippen molar-refractivity contribution in [2.75, 3.05) is 6.54 Å². The predicted molar refractivity (Wildman–Crippen MR) is 137 cm³/mol. The molecule has 1 aromatic heterocycles. The molecule has 0 spiro atoms. The van der Waals surface area contributed by atoms with E-state index in [-0.39, 0.29) is 6.04 Å². The fourth-order valence-corrected chi connectivity index (χ4v) is 5.12. The number of hydroxylamine groups is 1. The quantitative estimate of drug-likeness (QED) is 0.164. The van der Waals surface area contributed by atoms with Crippen LogP contribution in [0.25, 0.3) is 17.0 Å². The average molecular weight is 468 g/mol. The van der Waals surface area contributed by atoms with E-state index in [1.807, 2.05) is 30.3 Å². The summed E-state index contributed by atoms with van der Waals surface area (Å²) >= 11 is 0. The summed E-state index contributed by atoms with van der Waals surface area (Å²) in [7, 11) is 0. The van der Waals surface area contributed by atoms with Gasteiger partial charge in [-0.05, 0) is 59.7 Å². The summed E-state index contributed by atoms with van der Waals surface area (Å²) < 4.78 is 0. The minimum Gasteiger partial charge on any atom is -0.508 e. The van der Waals surface area contributed by atoms with Gasteiger partial charge in [0.05, 0.1) is 0 Å². The van der Waals surface area contributed by atoms with Gasteiger partial charge in [0.15, 0.2) is 0 Å². The number of aromatic nitrogens is 1. The number of aryl methyl sites for hydroxylation is 1. The summed E-state index contributed by atoms with van der Waals surface area (Å²) in [6.45, 7) is 1.52. The lowest BCUT2D eigenvalue weighted by Crippen LogP contribution is -2.29. The van der Waals surface area contributed by atoms with Crippen LogP contribution >= 0.6 is 0 Å². The summed E-state index contributed by atoms with van der Waals surface area (Å²) in [5.74, 6) is -0.222. The number of rotatable bonds is 8. The molecule has 1 aliphatic carbocycles. The molecule has 1 amide bonds. The van der Waals surface area contributed by atoms with Gasteiger partial charge in [0.1, 0.15) is 5.75 Å². The minimum absolute atomic E-state index is 0.244. The van der Waals surface area contributed by atoms with Gasteiger partial charge < -0.3 is 10.1 Å². The van der Waals surface area contributed by atoms with E-state index in [2.05, 4.69) is 46.4 Å². The molecule has 1 atom stereocenters. The van der Waals surface area contributed by atoms with Gasteiger partial charge in [-0.25, -0.2) is 5.48 Å². The van der Waals surface area contributed by atoms with E-state index in [1.165, 1.54) is 28.2 Å². The van der Waals surface area contributed by atoms with Crippen LogP contribution in [0.4, 0.5) is 0 Å². The van der Waals surface area contributed by atoms with Crippen molar-refractivity contribution in [1.29, 1.82) is 0 Å². The molecule has 0 bridgehead atoms. The summed E-state index contributed by atoms with van der Waals surface area (Å²) in [6.07, 6.45) is 7.99. The normalized spacial score (nSPS) is 15.2. The van der Waals surface area contributed by atoms with Crippen LogP contribution in [0.2, 0.25) is 0 Å². The number of phenols is 1. The van der Waals surface area contributed by atoms with Crippen LogP contribution in [0.15, 0.2) is 79.0 Å². The Labute approximate surface area is 204 Å². The van der Waals surface area contributed by atoms with Gasteiger partial charge in [-0.1, -0.05) is 54.6 Å². The van der Waals surface area contributed by atoms with Crippen LogP contribution in [0.5, 0.6) is 5.75 Å². The number of carbonyl (C=O) groups is 1. The zero-order valence-electron chi connectivity index (χ0n) is 19.4. The smallest absolute Gasteiger partial charge is 0.267 e. The first-order chi connectivity index (χ1) is 17.1. The number of aromatic hydroxyl groups is 1. The van der Waals surface area contributed by atoms with Gasteiger partial charge in [-0.2, -0.15) is 0 Å². The van der Waals surface area contributed by atoms with Crippen LogP contribution < -0.4 is 5.48 Å². The number of benzene rings is 3. The Bertz CT molecular complexity index is 1370. The van der Waals surface area contributed by atoms with Crippen molar-refractivity contribution in [3.05, 3.63) is 107 Å². The largest absolute Gasteiger partial charge is 0.508 e. The maximum atomic E-state index is 11.3. The lowest BCUT2D eigenvalue weighted by molar-refractivity contribution is -0.124. The van der Waals surface area contributed by atoms with E-state index in [4.69, 9.17) is 5.21 Å². The molecule has 1 aliphatic rings. The Balaban J connectivity index is 1.41. The molecule has 178 valence electrons. The molecule has 1 heterocycles. The molecular formula is C29H29N3O3. The van der Waals surface area contributed by atoms with Crippen molar-refractivity contribution >= 4 is 22.9 Å². The van der Waals surface area contributed by atoms with E-state index < -0.39 is 5.91 Å². The lowest BCUT2D eigenvalue weighted by atomic mass is 10.0. The highest BCUT2D eigenvalue weighted by molar-refractivity contribution is 5.90. The number of amides is 1. The van der Waals surface area contributed by atoms with E-state index in [9.17, 15) is 9.90 Å². The topological polar surface area (TPSA) is 88.6 Å². The second-order valence-electron chi connectivity index (χ2n) is 9.03. The Morgan fingerprint density at radius 2 is 1.91 bits per heavy atom. The first-order valence-corrected chi connectivity index (χ1v) is 11.9. The third-order valence-electron chi connectivity index (χ3n) is 6.90. The summed E-state index contributed by atoms with van der Waals surface area (Å²) in [5, 5.41) is 20.4. The highest BCUT2D eigenvalue weighted by Gasteiger charge is 2.28. The van der Waals surface area contributed by atoms with E-state index in [1.54, 1.807) is 17.6 Å². The van der Waals surface area contributed by atoms with Crippen LogP contribution in [0.1, 0.15) is 40.3 Å². The molecule has 3 aromatic carbocycles. The first-order valence-electron chi connectivity index (χ1n) is 11.9. The number of nitrogens with zero attached hydrogens (tertiary/aromatic N) is 1. The first kappa shape index (κ1) is 22.9. The fourth-order valence-electron chi connectivity index (χ4n) is 5.12. The van der Waals surface area contributed by atoms with Gasteiger partial charge in [0, 0.05) is 47.9 Å². The summed E-state index contributed by atoms with van der Waals surface area (Å²) in [6, 6.07) is 22.5. The van der Waals surface area contributed by atoms with Crippen molar-refractivity contribution in [3.63, 3.8) is 0 Å². The SMILES string of the molecule is O=C(C=Cc1ccc2c(c1)CCC2N(CCc1c[nH]c2ccccc12)Cc1ccccc1O)NO. The number of H-pyrrole nitrogens is 1. The van der Waals surface area contributed by atoms with Crippen molar-refractivity contribution in [3.8, 4) is 5.75 Å². The molecule has 5 rings (SSSR count). The van der Waals surface area contributed by atoms with Crippen molar-refractivity contribution in [2.45, 2.75) is 31.8 Å². The van der Waals surface area contributed by atoms with Gasteiger partial charge >= 0.3 is 0 Å². The number of fused-ring (bicyclic) bond motifs is 2. The monoisotopic (exact) mass is 467 g/mol. The molecule has 0 aliphatic heterocycles. The summed E-state index contributed by atoms with van der Waals surface area (Å²) in [5.41, 5.74) is 8.49. The maximum Gasteiger partial charge on any atom is 0.267 e. The third kappa shape index (κ3) is 4.99. The Kier molecular flexibility index (Phi) is 6.66. The molecule has 6 nitrogen and oxygen atoms in total. The second-order valence-corrected chi connectivity index (χ2v) is 9.03. The minimum atomic E-state index is -0.547. The Morgan fingerprint density at radius 3 is 2.77 bits per heavy atom. The molecular weight excluding hydrogens is 438 g/mol. The van der Waals surface area contributed by atoms with Crippen LogP contribution in [0.3, 0.4) is 0 Å². The number of hydrogen-bond donors (Lipinski definition) is 4. The van der Waals surface area contributed by atoms with Crippen molar-refractivity contribution < 1.29 is 15.1 Å². The second kappa shape index (κ2) is 10.2. The molecule has 4 aromatic rings. The van der Waals surface area contributed by atoms with Gasteiger partial charge in [-0.15, -0.1) is 0 Å². The zero-order valence-corrected chi connectivity index (χ0v) is 19.4. The Morgan fingerprint density at radius 1 is 1.09 bits per heavy atom. The van der Waals surface area contributed by atoms with E-state index in [0.29, 0.717) is 12.3 Å². The molecule has 0 saturated carbocycles. The molecule has 6 heteroatoms. The predicted octanol–water partition coefficient (Wildman–Crippen LogP) is 5.12. The molecule has 4 N–H and O–H groups in total. The number of aromatic amines is 1. The van der Waals surface area contributed by atoms with Gasteiger partial charge in [0.25, 0.3) is 5.91 Å². The molecule has 35 heavy (non-hydrogen) atoms. The summed E-state index contributed by atoms with van der Waals surface area (Å²) in [4.78, 5) is 17.2. The highest BCUT2D eigenvalue weighted by Crippen LogP contribution is 2.38. The van der Waals surface area contributed by atoms with Crippen molar-refractivity contribution in [1.82, 2.24) is 15.4 Å². The number of nitrogens with one attached hydrogen (secondary N) is 2. The fraction of sp³-hybridized carbons (Fsp3) is 0.207. The molecule has 0 fully saturated rings. The van der Waals surface area contributed by atoms with Crippen LogP contribution in [-0.4, -0.2) is 32.6 Å². The van der Waals surface area contributed by atoms with E-state index in [0.717, 1.165) is 42.5 Å². The number of para-hydroxylation sites is 2. The van der Waals surface area contributed by atoms with Gasteiger partial charge in [0.2, 0.25) is 0 Å². The molecule has 1 unspecified atom stereocenters. The van der Waals surface area contributed by atoms with Crippen LogP contribution in [-0.2, 0) is 24.2 Å². The standard InChI is InChI=1S/C29H29N3O3/c33-28-8-4-1-5-23(28)19-32(16-15-22-18-30-26-7-3-2-6-24(22)26)27-13-11-21-17-20(9-12-25(21)27)10-14-29(34)31-35/h1-10,12,14,17-18,27,30,33,35H,11,13,15-16,19H2,(H,31,34). The van der Waals surface area contributed by atoms with E-state index >= 15 is 0 Å². The van der Waals surface area contributed by atoms with Crippen molar-refractivity contribution in [2.24, 2.45) is 0 Å². The zero-order chi connectivity index (χ0) is 24.2. The maximum absolute atomic E-state index is 11.3. The number of hydrogen-bond acceptors (Lipinski definition) is 4. The third-order valence-corrected chi connectivity index (χ3v) is 6.90. The molecule has 0 saturated heterocycles. The van der Waals surface area contributed by atoms with Crippen LogP contribution in [0, 0.1) is 0 Å². The average Bonchev–Trinajstić information content (AvgIpc) is 3.50. The molecule has 0 radical (unpaired) electrons. The lowest BCUT2D eigenvalue weighted by Gasteiger charge is -2.30. The highest BCUT2D eigenvalue weighted by atomic mass is 16.5. The number of phenolic OH excluding ortho intramolecular Hbond substituents is 1. The Hall–Kier alpha value is -3.87.